The summed E-state index contributed by atoms with van der Waals surface area (Å²) < 4.78 is 5.13. The van der Waals surface area contributed by atoms with Gasteiger partial charge < -0.3 is 15.4 Å². The highest BCUT2D eigenvalue weighted by Gasteiger charge is 2.14. The molecule has 112 valence electrons. The molecule has 1 aromatic rings. The minimum Gasteiger partial charge on any atom is -0.467 e. The number of nitrogens with zero attached hydrogens (tertiary/aromatic N) is 3. The van der Waals surface area contributed by atoms with Crippen molar-refractivity contribution in [3.63, 3.8) is 0 Å². The molecule has 0 unspecified atom stereocenters. The maximum absolute atomic E-state index is 5.13. The first kappa shape index (κ1) is 14.8. The molecule has 0 saturated heterocycles. The van der Waals surface area contributed by atoms with Crippen molar-refractivity contribution in [3.8, 4) is 6.01 Å². The third-order valence-corrected chi connectivity index (χ3v) is 3.60. The first-order chi connectivity index (χ1) is 9.81. The number of aromatic nitrogens is 3. The molecule has 0 radical (unpaired) electrons. The lowest BCUT2D eigenvalue weighted by Crippen LogP contribution is -2.19. The van der Waals surface area contributed by atoms with Crippen molar-refractivity contribution in [1.29, 1.82) is 0 Å². The van der Waals surface area contributed by atoms with Crippen molar-refractivity contribution in [2.75, 3.05) is 30.8 Å². The second-order valence-corrected chi connectivity index (χ2v) is 5.28. The van der Waals surface area contributed by atoms with Crippen molar-refractivity contribution in [2.24, 2.45) is 5.92 Å². The number of hydrogen-bond donors (Lipinski definition) is 2. The number of nitrogens with one attached hydrogen (secondary N) is 2. The lowest BCUT2D eigenvalue weighted by atomic mass is 9.89. The van der Waals surface area contributed by atoms with Crippen molar-refractivity contribution < 1.29 is 4.74 Å². The summed E-state index contributed by atoms with van der Waals surface area (Å²) in [6.45, 7) is 3.88. The van der Waals surface area contributed by atoms with Gasteiger partial charge in [-0.25, -0.2) is 0 Å². The zero-order valence-corrected chi connectivity index (χ0v) is 12.5. The Balaban J connectivity index is 1.94. The Labute approximate surface area is 120 Å². The quantitative estimate of drug-likeness (QED) is 0.799. The SMILES string of the molecule is CCCNc1nc(NCC2CCCCC2)nc(OC)n1. The van der Waals surface area contributed by atoms with E-state index in [1.165, 1.54) is 32.1 Å². The van der Waals surface area contributed by atoms with Gasteiger partial charge in [0, 0.05) is 13.1 Å². The molecule has 0 amide bonds. The van der Waals surface area contributed by atoms with Crippen LogP contribution in [-0.4, -0.2) is 35.2 Å². The predicted octanol–water partition coefficient (Wildman–Crippen LogP) is 2.69. The van der Waals surface area contributed by atoms with Gasteiger partial charge in [-0.3, -0.25) is 0 Å². The summed E-state index contributed by atoms with van der Waals surface area (Å²) in [5, 5.41) is 6.49. The summed E-state index contributed by atoms with van der Waals surface area (Å²) in [5.41, 5.74) is 0. The molecule has 1 fully saturated rings. The average Bonchev–Trinajstić information content (AvgIpc) is 2.51. The van der Waals surface area contributed by atoms with E-state index in [9.17, 15) is 0 Å². The van der Waals surface area contributed by atoms with Crippen LogP contribution in [-0.2, 0) is 0 Å². The van der Waals surface area contributed by atoms with Crippen LogP contribution in [0.5, 0.6) is 6.01 Å². The molecule has 0 aromatic carbocycles. The van der Waals surface area contributed by atoms with Gasteiger partial charge in [0.05, 0.1) is 7.11 Å². The molecule has 2 rings (SSSR count). The van der Waals surface area contributed by atoms with Gasteiger partial charge in [0.25, 0.3) is 0 Å². The maximum atomic E-state index is 5.13. The summed E-state index contributed by atoms with van der Waals surface area (Å²) in [6.07, 6.45) is 7.69. The van der Waals surface area contributed by atoms with Gasteiger partial charge >= 0.3 is 6.01 Å². The highest BCUT2D eigenvalue weighted by Crippen LogP contribution is 2.23. The second kappa shape index (κ2) is 7.87. The molecule has 6 nitrogen and oxygen atoms in total. The highest BCUT2D eigenvalue weighted by atomic mass is 16.5. The van der Waals surface area contributed by atoms with Crippen molar-refractivity contribution in [2.45, 2.75) is 45.4 Å². The highest BCUT2D eigenvalue weighted by molar-refractivity contribution is 5.35. The van der Waals surface area contributed by atoms with Crippen molar-refractivity contribution in [3.05, 3.63) is 0 Å². The Hall–Kier alpha value is -1.59. The molecule has 0 aliphatic heterocycles. The van der Waals surface area contributed by atoms with Crippen LogP contribution in [0.1, 0.15) is 45.4 Å². The van der Waals surface area contributed by atoms with E-state index in [0.29, 0.717) is 17.9 Å². The fraction of sp³-hybridized carbons (Fsp3) is 0.786. The lowest BCUT2D eigenvalue weighted by Gasteiger charge is -2.21. The van der Waals surface area contributed by atoms with Crippen LogP contribution in [0.4, 0.5) is 11.9 Å². The van der Waals surface area contributed by atoms with E-state index in [1.54, 1.807) is 7.11 Å². The Kier molecular flexibility index (Phi) is 5.83. The van der Waals surface area contributed by atoms with Crippen LogP contribution in [0.15, 0.2) is 0 Å². The Bertz CT molecular complexity index is 407. The molecule has 20 heavy (non-hydrogen) atoms. The summed E-state index contributed by atoms with van der Waals surface area (Å²) >= 11 is 0. The Morgan fingerprint density at radius 3 is 2.40 bits per heavy atom. The smallest absolute Gasteiger partial charge is 0.322 e. The van der Waals surface area contributed by atoms with Gasteiger partial charge in [-0.1, -0.05) is 26.2 Å². The van der Waals surface area contributed by atoms with E-state index >= 15 is 0 Å². The molecule has 0 bridgehead atoms. The standard InChI is InChI=1S/C14H25N5O/c1-3-9-15-12-17-13(19-14(18-12)20-2)16-10-11-7-5-4-6-8-11/h11H,3-10H2,1-2H3,(H2,15,16,17,18,19). The first-order valence-electron chi connectivity index (χ1n) is 7.59. The summed E-state index contributed by atoms with van der Waals surface area (Å²) in [4.78, 5) is 12.8. The van der Waals surface area contributed by atoms with Crippen LogP contribution in [0.3, 0.4) is 0 Å². The maximum Gasteiger partial charge on any atom is 0.322 e. The zero-order chi connectivity index (χ0) is 14.2. The molecule has 1 heterocycles. The molecule has 0 spiro atoms. The normalized spacial score (nSPS) is 15.9. The molecule has 1 aliphatic carbocycles. The van der Waals surface area contributed by atoms with Crippen molar-refractivity contribution in [1.82, 2.24) is 15.0 Å². The monoisotopic (exact) mass is 279 g/mol. The topological polar surface area (TPSA) is 72.0 Å². The number of anilines is 2. The summed E-state index contributed by atoms with van der Waals surface area (Å²) in [6, 6.07) is 0.352. The van der Waals surface area contributed by atoms with Crippen LogP contribution in [0.2, 0.25) is 0 Å². The fourth-order valence-electron chi connectivity index (χ4n) is 2.47. The van der Waals surface area contributed by atoms with Crippen LogP contribution >= 0.6 is 0 Å². The Morgan fingerprint density at radius 1 is 1.05 bits per heavy atom. The van der Waals surface area contributed by atoms with Gasteiger partial charge in [0.1, 0.15) is 0 Å². The molecule has 2 N–H and O–H groups in total. The van der Waals surface area contributed by atoms with E-state index in [1.807, 2.05) is 0 Å². The molecular formula is C14H25N5O. The third kappa shape index (κ3) is 4.51. The van der Waals surface area contributed by atoms with E-state index in [-0.39, 0.29) is 0 Å². The molecule has 1 saturated carbocycles. The molecule has 1 aromatic heterocycles. The van der Waals surface area contributed by atoms with Crippen LogP contribution < -0.4 is 15.4 Å². The molecular weight excluding hydrogens is 254 g/mol. The lowest BCUT2D eigenvalue weighted by molar-refractivity contribution is 0.370. The van der Waals surface area contributed by atoms with Gasteiger partial charge in [-0.05, 0) is 25.2 Å². The Morgan fingerprint density at radius 2 is 1.75 bits per heavy atom. The first-order valence-corrected chi connectivity index (χ1v) is 7.59. The van der Waals surface area contributed by atoms with Gasteiger partial charge in [0.2, 0.25) is 11.9 Å². The molecule has 0 atom stereocenters. The largest absolute Gasteiger partial charge is 0.467 e. The molecule has 6 heteroatoms. The number of ether oxygens (including phenoxy) is 1. The van der Waals surface area contributed by atoms with Gasteiger partial charge in [-0.15, -0.1) is 0 Å². The van der Waals surface area contributed by atoms with Crippen molar-refractivity contribution >= 4 is 11.9 Å². The molecule has 1 aliphatic rings. The van der Waals surface area contributed by atoms with E-state index < -0.39 is 0 Å². The zero-order valence-electron chi connectivity index (χ0n) is 12.5. The minimum atomic E-state index is 0.352. The van der Waals surface area contributed by atoms with Gasteiger partial charge in [0.15, 0.2) is 0 Å². The van der Waals surface area contributed by atoms with Gasteiger partial charge in [-0.2, -0.15) is 15.0 Å². The number of hydrogen-bond acceptors (Lipinski definition) is 6. The summed E-state index contributed by atoms with van der Waals surface area (Å²) in [5.74, 6) is 1.91. The minimum absolute atomic E-state index is 0.352. The van der Waals surface area contributed by atoms with E-state index in [0.717, 1.165) is 25.4 Å². The fourth-order valence-corrected chi connectivity index (χ4v) is 2.47. The number of methoxy groups -OCH3 is 1. The van der Waals surface area contributed by atoms with Crippen LogP contribution in [0.25, 0.3) is 0 Å². The second-order valence-electron chi connectivity index (χ2n) is 5.28. The average molecular weight is 279 g/mol. The summed E-state index contributed by atoms with van der Waals surface area (Å²) in [7, 11) is 1.57. The number of rotatable bonds is 7. The van der Waals surface area contributed by atoms with E-state index in [4.69, 9.17) is 4.74 Å². The van der Waals surface area contributed by atoms with E-state index in [2.05, 4.69) is 32.5 Å². The predicted molar refractivity (Wildman–Crippen MR) is 80.2 cm³/mol. The van der Waals surface area contributed by atoms with Crippen LogP contribution in [0, 0.1) is 5.92 Å². The third-order valence-electron chi connectivity index (χ3n) is 3.60.